The molecule has 0 amide bonds. The van der Waals surface area contributed by atoms with Crippen molar-refractivity contribution in [2.75, 3.05) is 13.7 Å². The summed E-state index contributed by atoms with van der Waals surface area (Å²) in [6.45, 7) is 8.91. The van der Waals surface area contributed by atoms with Crippen molar-refractivity contribution >= 4 is 16.9 Å². The summed E-state index contributed by atoms with van der Waals surface area (Å²) in [5.41, 5.74) is 1.01. The number of methoxy groups -OCH3 is 1. The maximum absolute atomic E-state index is 13.3. The maximum atomic E-state index is 13.3. The molecule has 4 atom stereocenters. The first-order valence-corrected chi connectivity index (χ1v) is 10.9. The zero-order valence-corrected chi connectivity index (χ0v) is 18.5. The van der Waals surface area contributed by atoms with Crippen molar-refractivity contribution in [2.45, 2.75) is 52.1 Å². The van der Waals surface area contributed by atoms with Crippen LogP contribution in [0.3, 0.4) is 0 Å². The van der Waals surface area contributed by atoms with Gasteiger partial charge in [-0.3, -0.25) is 0 Å². The van der Waals surface area contributed by atoms with Crippen molar-refractivity contribution in [2.24, 2.45) is 16.7 Å². The van der Waals surface area contributed by atoms with E-state index < -0.39 is 5.60 Å². The first-order chi connectivity index (χ1) is 14.6. The number of ether oxygens (including phenoxy) is 3. The molecule has 0 unspecified atom stereocenters. The monoisotopic (exact) mass is 422 g/mol. The largest absolute Gasteiger partial charge is 0.496 e. The molecule has 2 aromatic rings. The van der Waals surface area contributed by atoms with Gasteiger partial charge in [-0.1, -0.05) is 33.8 Å². The van der Waals surface area contributed by atoms with Gasteiger partial charge in [0.25, 0.3) is 0 Å². The summed E-state index contributed by atoms with van der Waals surface area (Å²) in [6.07, 6.45) is 1.44. The topological polar surface area (TPSA) is 75.0 Å². The van der Waals surface area contributed by atoms with E-state index in [4.69, 9.17) is 18.6 Å². The Balaban J connectivity index is 1.74. The minimum Gasteiger partial charge on any atom is -0.496 e. The lowest BCUT2D eigenvalue weighted by Crippen LogP contribution is -2.54. The lowest BCUT2D eigenvalue weighted by molar-refractivity contribution is -0.145. The molecule has 1 saturated carbocycles. The van der Waals surface area contributed by atoms with Crippen LogP contribution in [0.2, 0.25) is 0 Å². The van der Waals surface area contributed by atoms with Crippen molar-refractivity contribution in [1.29, 1.82) is 0 Å². The number of carbonyl (C=O) groups is 1. The Hall–Kier alpha value is -2.76. The highest BCUT2D eigenvalue weighted by atomic mass is 16.5. The Kier molecular flexibility index (Phi) is 3.38. The average Bonchev–Trinajstić information content (AvgIpc) is 3.14. The molecular weight excluding hydrogens is 396 g/mol. The fraction of sp³-hybridized carbons (Fsp3) is 0.520. The highest BCUT2D eigenvalue weighted by Crippen LogP contribution is 2.73. The highest BCUT2D eigenvalue weighted by Gasteiger charge is 2.73. The molecule has 6 rings (SSSR count). The van der Waals surface area contributed by atoms with Gasteiger partial charge in [-0.05, 0) is 36.5 Å². The van der Waals surface area contributed by atoms with E-state index in [1.165, 1.54) is 0 Å². The summed E-state index contributed by atoms with van der Waals surface area (Å²) in [5, 5.41) is 0.681. The predicted octanol–water partition coefficient (Wildman–Crippen LogP) is 4.35. The van der Waals surface area contributed by atoms with Gasteiger partial charge in [0.05, 0.1) is 12.7 Å². The van der Waals surface area contributed by atoms with E-state index in [2.05, 4.69) is 20.8 Å². The fourth-order valence-electron chi connectivity index (χ4n) is 7.29. The average molecular weight is 422 g/mol. The Morgan fingerprint density at radius 1 is 1.16 bits per heavy atom. The first kappa shape index (κ1) is 19.0. The minimum absolute atomic E-state index is 0.0311. The Bertz CT molecular complexity index is 1270. The van der Waals surface area contributed by atoms with Crippen LogP contribution in [0.25, 0.3) is 11.0 Å². The molecule has 1 aromatic carbocycles. The smallest absolute Gasteiger partial charge is 0.343 e. The van der Waals surface area contributed by atoms with Crippen LogP contribution in [0, 0.1) is 16.7 Å². The summed E-state index contributed by atoms with van der Waals surface area (Å²) in [6, 6.07) is 5.41. The molecule has 4 aliphatic rings. The van der Waals surface area contributed by atoms with Crippen LogP contribution in [-0.2, 0) is 9.53 Å². The molecule has 2 aliphatic heterocycles. The Labute approximate surface area is 180 Å². The maximum Gasteiger partial charge on any atom is 0.343 e. The van der Waals surface area contributed by atoms with Gasteiger partial charge < -0.3 is 18.6 Å². The number of hydrogen-bond acceptors (Lipinski definition) is 6. The van der Waals surface area contributed by atoms with Crippen LogP contribution in [0.15, 0.2) is 38.6 Å². The third-order valence-corrected chi connectivity index (χ3v) is 8.11. The SMILES string of the molecule is COc1cccc2oc(=O)c3c(c12)O[C@]12C4=C(C(=O)OC[C@@]4(C)CC1(C)C)[C@H](C)C[C@@H]32. The number of hydrogen-bond donors (Lipinski definition) is 0. The van der Waals surface area contributed by atoms with Crippen LogP contribution in [0.4, 0.5) is 0 Å². The molecule has 0 radical (unpaired) electrons. The quantitative estimate of drug-likeness (QED) is 0.503. The third-order valence-electron chi connectivity index (χ3n) is 8.11. The van der Waals surface area contributed by atoms with E-state index in [0.717, 1.165) is 17.6 Å². The summed E-state index contributed by atoms with van der Waals surface area (Å²) in [5.74, 6) is 0.688. The highest BCUT2D eigenvalue weighted by molar-refractivity contribution is 5.95. The number of carbonyl (C=O) groups excluding carboxylic acids is 1. The molecule has 1 aromatic heterocycles. The number of esters is 1. The molecule has 0 saturated heterocycles. The lowest BCUT2D eigenvalue weighted by atomic mass is 9.59. The molecule has 1 spiro atoms. The standard InChI is InChI=1S/C25H26O6/c1-12-9-13-17-19(18-14(28-5)7-6-8-15(18)30-22(17)27)31-25(13)20-16(12)21(26)29-11-24(20,4)10-23(25,2)3/h6-8,12-13H,9-11H2,1-5H3/t12-,13+,24-,25-/m1/s1. The van der Waals surface area contributed by atoms with Crippen molar-refractivity contribution in [3.05, 3.63) is 45.3 Å². The molecule has 1 fully saturated rings. The first-order valence-electron chi connectivity index (χ1n) is 10.9. The molecule has 6 heteroatoms. The number of cyclic esters (lactones) is 1. The molecule has 3 heterocycles. The minimum atomic E-state index is -0.783. The van der Waals surface area contributed by atoms with Crippen LogP contribution < -0.4 is 15.1 Å². The predicted molar refractivity (Wildman–Crippen MR) is 113 cm³/mol. The van der Waals surface area contributed by atoms with Crippen molar-refractivity contribution < 1.29 is 23.4 Å². The van der Waals surface area contributed by atoms with Crippen LogP contribution in [0.5, 0.6) is 11.5 Å². The second-order valence-electron chi connectivity index (χ2n) is 10.5. The van der Waals surface area contributed by atoms with Crippen LogP contribution in [0.1, 0.15) is 52.0 Å². The Morgan fingerprint density at radius 2 is 1.94 bits per heavy atom. The zero-order chi connectivity index (χ0) is 21.9. The van der Waals surface area contributed by atoms with E-state index in [1.54, 1.807) is 19.2 Å². The number of benzene rings is 1. The molecule has 31 heavy (non-hydrogen) atoms. The Morgan fingerprint density at radius 3 is 2.68 bits per heavy atom. The van der Waals surface area contributed by atoms with Crippen molar-refractivity contribution in [3.63, 3.8) is 0 Å². The lowest BCUT2D eigenvalue weighted by Gasteiger charge is -2.49. The van der Waals surface area contributed by atoms with E-state index in [-0.39, 0.29) is 34.3 Å². The number of rotatable bonds is 1. The van der Waals surface area contributed by atoms with Crippen LogP contribution in [-0.4, -0.2) is 25.3 Å². The van der Waals surface area contributed by atoms with Gasteiger partial charge in [-0.2, -0.15) is 0 Å². The van der Waals surface area contributed by atoms with Crippen LogP contribution >= 0.6 is 0 Å². The molecule has 2 aliphatic carbocycles. The van der Waals surface area contributed by atoms with E-state index >= 15 is 0 Å². The normalized spacial score (nSPS) is 34.7. The fourth-order valence-corrected chi connectivity index (χ4v) is 7.29. The van der Waals surface area contributed by atoms with E-state index in [1.807, 2.05) is 13.0 Å². The summed E-state index contributed by atoms with van der Waals surface area (Å²) in [4.78, 5) is 26.2. The van der Waals surface area contributed by atoms with Crippen molar-refractivity contribution in [1.82, 2.24) is 0 Å². The van der Waals surface area contributed by atoms with Gasteiger partial charge in [0.1, 0.15) is 34.7 Å². The van der Waals surface area contributed by atoms with Gasteiger partial charge >= 0.3 is 11.6 Å². The molecular formula is C25H26O6. The van der Waals surface area contributed by atoms with Gasteiger partial charge in [0.15, 0.2) is 0 Å². The summed E-state index contributed by atoms with van der Waals surface area (Å²) >= 11 is 0. The second kappa shape index (κ2) is 5.53. The van der Waals surface area contributed by atoms with Gasteiger partial charge in [0, 0.05) is 22.3 Å². The van der Waals surface area contributed by atoms with Crippen molar-refractivity contribution in [3.8, 4) is 11.5 Å². The summed E-state index contributed by atoms with van der Waals surface area (Å²) < 4.78 is 24.0. The van der Waals surface area contributed by atoms with Gasteiger partial charge in [-0.15, -0.1) is 0 Å². The van der Waals surface area contributed by atoms with Gasteiger partial charge in [-0.25, -0.2) is 9.59 Å². The van der Waals surface area contributed by atoms with E-state index in [0.29, 0.717) is 41.1 Å². The molecule has 0 bridgehead atoms. The summed E-state index contributed by atoms with van der Waals surface area (Å²) in [7, 11) is 1.60. The van der Waals surface area contributed by atoms with Gasteiger partial charge in [0.2, 0.25) is 0 Å². The third kappa shape index (κ3) is 2.00. The molecule has 162 valence electrons. The molecule has 0 N–H and O–H groups in total. The number of fused-ring (bicyclic) bond motifs is 4. The second-order valence-corrected chi connectivity index (χ2v) is 10.5. The van der Waals surface area contributed by atoms with E-state index in [9.17, 15) is 9.59 Å². The zero-order valence-electron chi connectivity index (χ0n) is 18.5. The molecule has 6 nitrogen and oxygen atoms in total.